The van der Waals surface area contributed by atoms with Crippen molar-refractivity contribution in [1.29, 1.82) is 0 Å². The Morgan fingerprint density at radius 3 is 1.55 bits per heavy atom. The zero-order valence-corrected chi connectivity index (χ0v) is 15.3. The molecule has 0 aromatic carbocycles. The fourth-order valence-electron chi connectivity index (χ4n) is 2.98. The molecule has 0 fully saturated rings. The van der Waals surface area contributed by atoms with E-state index in [9.17, 15) is 70.2 Å². The van der Waals surface area contributed by atoms with Gasteiger partial charge in [0.2, 0.25) is 0 Å². The summed E-state index contributed by atoms with van der Waals surface area (Å²) in [6, 6.07) is 0. The number of rotatable bonds is 10. The maximum Gasteiger partial charge on any atom is 0.385 e. The van der Waals surface area contributed by atoms with Gasteiger partial charge in [0, 0.05) is 5.92 Å². The topological polar surface area (TPSA) is 9.23 Å². The molecule has 2 rings (SSSR count). The van der Waals surface area contributed by atoms with Gasteiger partial charge in [-0.25, -0.2) is 8.78 Å². The molecule has 2 atom stereocenters. The summed E-state index contributed by atoms with van der Waals surface area (Å²) in [5, 5.41) is 0. The standard InChI is InChI=1S/C16H10F16O/c17-9(18)11(21,22)13(25,26)15(29,30)16(31,32)14(27,28)12(23,24)10(19,20)5-33-8-4-6-1-2-7(8)3-6/h1-2,4,6-7,9H,3,5H2. The van der Waals surface area contributed by atoms with Crippen molar-refractivity contribution in [2.75, 3.05) is 6.61 Å². The van der Waals surface area contributed by atoms with Gasteiger partial charge in [0.15, 0.2) is 6.61 Å². The minimum Gasteiger partial charge on any atom is -0.491 e. The lowest BCUT2D eigenvalue weighted by Crippen LogP contribution is -2.74. The molecule has 0 saturated carbocycles. The van der Waals surface area contributed by atoms with Crippen LogP contribution in [0.2, 0.25) is 0 Å². The van der Waals surface area contributed by atoms with Crippen molar-refractivity contribution >= 4 is 0 Å². The Kier molecular flexibility index (Phi) is 6.30. The lowest BCUT2D eigenvalue weighted by molar-refractivity contribution is -0.447. The van der Waals surface area contributed by atoms with E-state index in [2.05, 4.69) is 4.74 Å². The SMILES string of the molecule is FC(F)C(F)(F)C(F)(F)C(F)(F)C(F)(F)C(F)(F)C(F)(F)C(F)(F)COC1=CC2C=CC1C2. The zero-order valence-electron chi connectivity index (χ0n) is 15.3. The molecule has 2 aliphatic rings. The summed E-state index contributed by atoms with van der Waals surface area (Å²) >= 11 is 0. The molecule has 33 heavy (non-hydrogen) atoms. The summed E-state index contributed by atoms with van der Waals surface area (Å²) in [5.74, 6) is -56.2. The number of allylic oxidation sites excluding steroid dienone is 3. The van der Waals surface area contributed by atoms with Crippen molar-refractivity contribution in [3.8, 4) is 0 Å². The van der Waals surface area contributed by atoms with Gasteiger partial charge in [-0.05, 0) is 18.4 Å². The molecule has 0 N–H and O–H groups in total. The molecule has 2 aliphatic carbocycles. The van der Waals surface area contributed by atoms with Gasteiger partial charge < -0.3 is 4.74 Å². The molecule has 0 radical (unpaired) electrons. The van der Waals surface area contributed by atoms with Gasteiger partial charge in [0.1, 0.15) is 0 Å². The van der Waals surface area contributed by atoms with E-state index in [0.717, 1.165) is 6.08 Å². The molecule has 2 unspecified atom stereocenters. The van der Waals surface area contributed by atoms with Crippen LogP contribution in [0.4, 0.5) is 70.2 Å². The van der Waals surface area contributed by atoms with Gasteiger partial charge >= 0.3 is 47.9 Å². The summed E-state index contributed by atoms with van der Waals surface area (Å²) < 4.78 is 216. The highest BCUT2D eigenvalue weighted by atomic mass is 19.4. The smallest absolute Gasteiger partial charge is 0.385 e. The summed E-state index contributed by atoms with van der Waals surface area (Å²) in [7, 11) is 0. The van der Waals surface area contributed by atoms with Crippen molar-refractivity contribution in [2.45, 2.75) is 54.3 Å². The van der Waals surface area contributed by atoms with Crippen LogP contribution in [0.15, 0.2) is 24.0 Å². The second-order valence-electron chi connectivity index (χ2n) is 7.25. The number of ether oxygens (including phenoxy) is 1. The van der Waals surface area contributed by atoms with Crippen molar-refractivity contribution in [2.24, 2.45) is 11.8 Å². The second kappa shape index (κ2) is 7.58. The maximum atomic E-state index is 13.7. The first kappa shape index (κ1) is 27.4. The van der Waals surface area contributed by atoms with Crippen molar-refractivity contribution in [3.63, 3.8) is 0 Å². The quantitative estimate of drug-likeness (QED) is 0.227. The van der Waals surface area contributed by atoms with Crippen LogP contribution in [-0.2, 0) is 4.74 Å². The minimum atomic E-state index is -8.39. The summed E-state index contributed by atoms with van der Waals surface area (Å²) in [4.78, 5) is 0. The molecule has 0 aromatic heterocycles. The first-order valence-corrected chi connectivity index (χ1v) is 8.44. The Morgan fingerprint density at radius 2 is 1.15 bits per heavy atom. The summed E-state index contributed by atoms with van der Waals surface area (Å²) in [6.45, 7) is -2.83. The molecule has 0 aromatic rings. The van der Waals surface area contributed by atoms with Gasteiger partial charge in [-0.15, -0.1) is 0 Å². The maximum absolute atomic E-state index is 13.7. The van der Waals surface area contributed by atoms with Crippen LogP contribution in [0, 0.1) is 11.8 Å². The van der Waals surface area contributed by atoms with E-state index < -0.39 is 72.1 Å². The largest absolute Gasteiger partial charge is 0.491 e. The first-order chi connectivity index (χ1) is 14.5. The van der Waals surface area contributed by atoms with Crippen molar-refractivity contribution < 1.29 is 75.0 Å². The molecule has 0 saturated heterocycles. The van der Waals surface area contributed by atoms with Crippen LogP contribution < -0.4 is 0 Å². The number of hydrogen-bond acceptors (Lipinski definition) is 1. The molecule has 0 amide bonds. The Balaban J connectivity index is 2.38. The molecule has 0 spiro atoms. The molecule has 0 aliphatic heterocycles. The van der Waals surface area contributed by atoms with Crippen molar-refractivity contribution in [1.82, 2.24) is 0 Å². The number of alkyl halides is 16. The number of fused-ring (bicyclic) bond motifs is 2. The van der Waals surface area contributed by atoms with Crippen LogP contribution in [-0.4, -0.2) is 54.5 Å². The molecule has 0 heterocycles. The Morgan fingerprint density at radius 1 is 0.697 bits per heavy atom. The van der Waals surface area contributed by atoms with Crippen LogP contribution >= 0.6 is 0 Å². The number of hydrogen-bond donors (Lipinski definition) is 0. The fraction of sp³-hybridized carbons (Fsp3) is 0.750. The Hall–Kier alpha value is -1.84. The van der Waals surface area contributed by atoms with Crippen LogP contribution in [0.25, 0.3) is 0 Å². The molecular formula is C16H10F16O. The third-order valence-corrected chi connectivity index (χ3v) is 5.01. The van der Waals surface area contributed by atoms with Crippen LogP contribution in [0.5, 0.6) is 0 Å². The molecule has 17 heteroatoms. The van der Waals surface area contributed by atoms with E-state index in [-0.39, 0.29) is 6.42 Å². The van der Waals surface area contributed by atoms with Crippen LogP contribution in [0.3, 0.4) is 0 Å². The van der Waals surface area contributed by atoms with Gasteiger partial charge in [0.25, 0.3) is 0 Å². The lowest BCUT2D eigenvalue weighted by atomic mass is 9.89. The second-order valence-corrected chi connectivity index (χ2v) is 7.25. The molecular weight excluding hydrogens is 512 g/mol. The van der Waals surface area contributed by atoms with E-state index in [4.69, 9.17) is 0 Å². The summed E-state index contributed by atoms with van der Waals surface area (Å²) in [5.41, 5.74) is 0. The van der Waals surface area contributed by atoms with E-state index in [1.165, 1.54) is 12.2 Å². The number of halogens is 16. The molecule has 2 bridgehead atoms. The Labute approximate surface area is 173 Å². The van der Waals surface area contributed by atoms with E-state index >= 15 is 0 Å². The fourth-order valence-corrected chi connectivity index (χ4v) is 2.98. The van der Waals surface area contributed by atoms with Crippen molar-refractivity contribution in [3.05, 3.63) is 24.0 Å². The highest BCUT2D eigenvalue weighted by molar-refractivity contribution is 5.26. The van der Waals surface area contributed by atoms with Crippen LogP contribution in [0.1, 0.15) is 6.42 Å². The Bertz CT molecular complexity index is 811. The van der Waals surface area contributed by atoms with Gasteiger partial charge in [-0.1, -0.05) is 12.2 Å². The summed E-state index contributed by atoms with van der Waals surface area (Å²) in [6.07, 6.45) is -1.76. The third kappa shape index (κ3) is 3.63. The monoisotopic (exact) mass is 522 g/mol. The lowest BCUT2D eigenvalue weighted by Gasteiger charge is -2.42. The average Bonchev–Trinajstić information content (AvgIpc) is 3.28. The van der Waals surface area contributed by atoms with Gasteiger partial charge in [-0.2, -0.15) is 61.5 Å². The zero-order chi connectivity index (χ0) is 26.1. The van der Waals surface area contributed by atoms with E-state index in [0.29, 0.717) is 0 Å². The predicted octanol–water partition coefficient (Wildman–Crippen LogP) is 6.81. The molecule has 192 valence electrons. The minimum absolute atomic E-state index is 0.200. The average molecular weight is 522 g/mol. The molecule has 1 nitrogen and oxygen atoms in total. The first-order valence-electron chi connectivity index (χ1n) is 8.44. The highest BCUT2D eigenvalue weighted by Gasteiger charge is 2.93. The normalized spacial score (nSPS) is 22.9. The third-order valence-electron chi connectivity index (χ3n) is 5.01. The van der Waals surface area contributed by atoms with E-state index in [1.807, 2.05) is 0 Å². The highest BCUT2D eigenvalue weighted by Crippen LogP contribution is 2.62. The van der Waals surface area contributed by atoms with E-state index in [1.54, 1.807) is 0 Å². The van der Waals surface area contributed by atoms with Gasteiger partial charge in [-0.3, -0.25) is 0 Å². The predicted molar refractivity (Wildman–Crippen MR) is 75.4 cm³/mol. The van der Waals surface area contributed by atoms with Gasteiger partial charge in [0.05, 0.1) is 5.76 Å².